The van der Waals surface area contributed by atoms with Crippen molar-refractivity contribution in [3.8, 4) is 5.75 Å². The molecule has 1 aromatic carbocycles. The zero-order valence-electron chi connectivity index (χ0n) is 9.72. The molecule has 0 aliphatic carbocycles. The van der Waals surface area contributed by atoms with Crippen molar-refractivity contribution in [1.82, 2.24) is 4.90 Å². The molecule has 88 valence electrons. The number of rotatable bonds is 5. The van der Waals surface area contributed by atoms with Gasteiger partial charge in [0, 0.05) is 19.6 Å². The molecule has 0 bridgehead atoms. The molecule has 1 unspecified atom stereocenters. The van der Waals surface area contributed by atoms with Crippen LogP contribution in [0.2, 0.25) is 0 Å². The number of para-hydroxylation sites is 1. The summed E-state index contributed by atoms with van der Waals surface area (Å²) >= 11 is 0. The molecule has 0 spiro atoms. The third kappa shape index (κ3) is 3.55. The maximum absolute atomic E-state index is 11.7. The molecule has 1 amide bonds. The van der Waals surface area contributed by atoms with Crippen molar-refractivity contribution in [2.24, 2.45) is 5.73 Å². The third-order valence-electron chi connectivity index (χ3n) is 2.50. The summed E-state index contributed by atoms with van der Waals surface area (Å²) in [7, 11) is 1.73. The first-order valence-corrected chi connectivity index (χ1v) is 5.28. The van der Waals surface area contributed by atoms with Crippen molar-refractivity contribution < 1.29 is 9.53 Å². The average Bonchev–Trinajstić information content (AvgIpc) is 2.35. The van der Waals surface area contributed by atoms with Crippen LogP contribution in [0.5, 0.6) is 5.75 Å². The number of amides is 1. The van der Waals surface area contributed by atoms with Gasteiger partial charge >= 0.3 is 0 Å². The summed E-state index contributed by atoms with van der Waals surface area (Å²) in [4.78, 5) is 13.3. The van der Waals surface area contributed by atoms with Crippen molar-refractivity contribution in [3.05, 3.63) is 30.3 Å². The minimum absolute atomic E-state index is 0.0341. The first-order valence-electron chi connectivity index (χ1n) is 5.28. The summed E-state index contributed by atoms with van der Waals surface area (Å²) in [5.74, 6) is 0.631. The van der Waals surface area contributed by atoms with Gasteiger partial charge in [0.25, 0.3) is 5.91 Å². The van der Waals surface area contributed by atoms with Crippen LogP contribution in [0.25, 0.3) is 0 Å². The number of nitrogens with two attached hydrogens (primary N) is 1. The van der Waals surface area contributed by atoms with Crippen LogP contribution in [0.1, 0.15) is 6.92 Å². The smallest absolute Gasteiger partial charge is 0.260 e. The fourth-order valence-corrected chi connectivity index (χ4v) is 1.17. The van der Waals surface area contributed by atoms with Crippen LogP contribution in [0.4, 0.5) is 0 Å². The highest BCUT2D eigenvalue weighted by molar-refractivity contribution is 5.77. The molecule has 0 radical (unpaired) electrons. The van der Waals surface area contributed by atoms with Crippen molar-refractivity contribution in [2.45, 2.75) is 13.0 Å². The molecule has 4 nitrogen and oxygen atoms in total. The van der Waals surface area contributed by atoms with Crippen LogP contribution in [-0.2, 0) is 4.79 Å². The van der Waals surface area contributed by atoms with E-state index in [4.69, 9.17) is 10.5 Å². The molecule has 4 heteroatoms. The summed E-state index contributed by atoms with van der Waals surface area (Å²) in [6.45, 7) is 2.40. The van der Waals surface area contributed by atoms with E-state index in [9.17, 15) is 4.79 Å². The lowest BCUT2D eigenvalue weighted by molar-refractivity contribution is -0.133. The fraction of sp³-hybridized carbons (Fsp3) is 0.417. The van der Waals surface area contributed by atoms with Gasteiger partial charge in [0.2, 0.25) is 0 Å². The van der Waals surface area contributed by atoms with Gasteiger partial charge in [0.15, 0.2) is 6.61 Å². The normalized spacial score (nSPS) is 11.9. The molecule has 0 heterocycles. The van der Waals surface area contributed by atoms with Crippen molar-refractivity contribution >= 4 is 5.91 Å². The summed E-state index contributed by atoms with van der Waals surface area (Å²) in [6, 6.07) is 9.31. The van der Waals surface area contributed by atoms with E-state index in [1.54, 1.807) is 11.9 Å². The maximum Gasteiger partial charge on any atom is 0.260 e. The third-order valence-corrected chi connectivity index (χ3v) is 2.50. The molecule has 1 atom stereocenters. The van der Waals surface area contributed by atoms with E-state index in [2.05, 4.69) is 0 Å². The van der Waals surface area contributed by atoms with Gasteiger partial charge in [-0.2, -0.15) is 0 Å². The zero-order valence-corrected chi connectivity index (χ0v) is 9.72. The summed E-state index contributed by atoms with van der Waals surface area (Å²) < 4.78 is 5.35. The van der Waals surface area contributed by atoms with Gasteiger partial charge < -0.3 is 15.4 Å². The minimum Gasteiger partial charge on any atom is -0.484 e. The Balaban J connectivity index is 2.41. The van der Waals surface area contributed by atoms with Crippen LogP contribution in [0.3, 0.4) is 0 Å². The Bertz CT molecular complexity index is 327. The second kappa shape index (κ2) is 6.12. The Morgan fingerprint density at radius 3 is 2.62 bits per heavy atom. The van der Waals surface area contributed by atoms with Gasteiger partial charge in [-0.05, 0) is 19.1 Å². The van der Waals surface area contributed by atoms with E-state index >= 15 is 0 Å². The van der Waals surface area contributed by atoms with Crippen molar-refractivity contribution in [1.29, 1.82) is 0 Å². The number of benzene rings is 1. The summed E-state index contributed by atoms with van der Waals surface area (Å²) in [5.41, 5.74) is 5.48. The van der Waals surface area contributed by atoms with E-state index in [1.807, 2.05) is 37.3 Å². The van der Waals surface area contributed by atoms with Crippen molar-refractivity contribution in [2.75, 3.05) is 20.2 Å². The Kier molecular flexibility index (Phi) is 4.79. The first kappa shape index (κ1) is 12.5. The molecule has 1 rings (SSSR count). The van der Waals surface area contributed by atoms with Gasteiger partial charge in [-0.1, -0.05) is 18.2 Å². The minimum atomic E-state index is -0.0678. The number of ether oxygens (including phenoxy) is 1. The Morgan fingerprint density at radius 2 is 2.06 bits per heavy atom. The number of nitrogens with zero attached hydrogens (tertiary/aromatic N) is 1. The Labute approximate surface area is 96.0 Å². The van der Waals surface area contributed by atoms with E-state index < -0.39 is 0 Å². The largest absolute Gasteiger partial charge is 0.484 e. The fourth-order valence-electron chi connectivity index (χ4n) is 1.17. The lowest BCUT2D eigenvalue weighted by Crippen LogP contribution is -2.42. The van der Waals surface area contributed by atoms with E-state index in [-0.39, 0.29) is 18.6 Å². The zero-order chi connectivity index (χ0) is 12.0. The molecular formula is C12H18N2O2. The molecule has 0 saturated heterocycles. The molecule has 0 aliphatic rings. The highest BCUT2D eigenvalue weighted by atomic mass is 16.5. The quantitative estimate of drug-likeness (QED) is 0.804. The summed E-state index contributed by atoms with van der Waals surface area (Å²) in [6.07, 6.45) is 0. The highest BCUT2D eigenvalue weighted by Gasteiger charge is 2.14. The number of carbonyl (C=O) groups excluding carboxylic acids is 1. The second-order valence-corrected chi connectivity index (χ2v) is 3.69. The monoisotopic (exact) mass is 222 g/mol. The maximum atomic E-state index is 11.7. The number of likely N-dealkylation sites (N-methyl/N-ethyl adjacent to an activating group) is 1. The number of hydrogen-bond acceptors (Lipinski definition) is 3. The topological polar surface area (TPSA) is 55.6 Å². The molecule has 0 aliphatic heterocycles. The van der Waals surface area contributed by atoms with E-state index in [0.717, 1.165) is 0 Å². The van der Waals surface area contributed by atoms with Crippen LogP contribution >= 0.6 is 0 Å². The second-order valence-electron chi connectivity index (χ2n) is 3.69. The predicted octanol–water partition coefficient (Wildman–Crippen LogP) is 0.871. The van der Waals surface area contributed by atoms with Crippen LogP contribution in [0.15, 0.2) is 30.3 Å². The molecule has 0 saturated carbocycles. The van der Waals surface area contributed by atoms with Gasteiger partial charge in [-0.15, -0.1) is 0 Å². The predicted molar refractivity (Wildman–Crippen MR) is 63.2 cm³/mol. The molecule has 16 heavy (non-hydrogen) atoms. The van der Waals surface area contributed by atoms with Gasteiger partial charge in [-0.25, -0.2) is 0 Å². The van der Waals surface area contributed by atoms with E-state index in [0.29, 0.717) is 12.3 Å². The SMILES string of the molecule is CC(CN)N(C)C(=O)COc1ccccc1. The van der Waals surface area contributed by atoms with Gasteiger partial charge in [0.05, 0.1) is 0 Å². The number of hydrogen-bond donors (Lipinski definition) is 1. The molecule has 0 fully saturated rings. The molecule has 2 N–H and O–H groups in total. The van der Waals surface area contributed by atoms with Gasteiger partial charge in [-0.3, -0.25) is 4.79 Å². The lowest BCUT2D eigenvalue weighted by Gasteiger charge is -2.23. The van der Waals surface area contributed by atoms with E-state index in [1.165, 1.54) is 0 Å². The standard InChI is InChI=1S/C12H18N2O2/c1-10(8-13)14(2)12(15)9-16-11-6-4-3-5-7-11/h3-7,10H,8-9,13H2,1-2H3. The Morgan fingerprint density at radius 1 is 1.44 bits per heavy atom. The first-order chi connectivity index (χ1) is 7.65. The summed E-state index contributed by atoms with van der Waals surface area (Å²) in [5, 5.41) is 0. The van der Waals surface area contributed by atoms with Crippen LogP contribution in [0, 0.1) is 0 Å². The van der Waals surface area contributed by atoms with Crippen LogP contribution in [-0.4, -0.2) is 37.0 Å². The average molecular weight is 222 g/mol. The number of carbonyl (C=O) groups is 1. The lowest BCUT2D eigenvalue weighted by atomic mass is 10.3. The Hall–Kier alpha value is -1.55. The van der Waals surface area contributed by atoms with Crippen LogP contribution < -0.4 is 10.5 Å². The van der Waals surface area contributed by atoms with Gasteiger partial charge in [0.1, 0.15) is 5.75 Å². The molecular weight excluding hydrogens is 204 g/mol. The van der Waals surface area contributed by atoms with Crippen molar-refractivity contribution in [3.63, 3.8) is 0 Å². The molecule has 0 aromatic heterocycles. The molecule has 1 aromatic rings. The highest BCUT2D eigenvalue weighted by Crippen LogP contribution is 2.08.